The van der Waals surface area contributed by atoms with Gasteiger partial charge < -0.3 is 0 Å². The van der Waals surface area contributed by atoms with Crippen LogP contribution in [0, 0.1) is 0 Å². The van der Waals surface area contributed by atoms with Gasteiger partial charge in [0, 0.05) is 12.4 Å². The summed E-state index contributed by atoms with van der Waals surface area (Å²) in [5.41, 5.74) is 1.79. The van der Waals surface area contributed by atoms with Crippen molar-refractivity contribution < 1.29 is 4.21 Å². The van der Waals surface area contributed by atoms with Crippen LogP contribution in [0.4, 0.5) is 0 Å². The van der Waals surface area contributed by atoms with Gasteiger partial charge in [0.2, 0.25) is 0 Å². The summed E-state index contributed by atoms with van der Waals surface area (Å²) in [6.45, 7) is 6.29. The van der Waals surface area contributed by atoms with Crippen LogP contribution in [0.2, 0.25) is 0 Å². The summed E-state index contributed by atoms with van der Waals surface area (Å²) in [6.07, 6.45) is 5.22. The van der Waals surface area contributed by atoms with Gasteiger partial charge in [-0.15, -0.1) is 0 Å². The molecule has 0 radical (unpaired) electrons. The topological polar surface area (TPSA) is 59.3 Å². The second-order valence-corrected chi connectivity index (χ2v) is 6.83. The molecule has 0 aliphatic rings. The van der Waals surface area contributed by atoms with Crippen LogP contribution in [-0.2, 0) is 17.5 Å². The minimum atomic E-state index is -1.07. The number of hydrogen-bond acceptors (Lipinski definition) is 3. The number of nitrogens with one attached hydrogen (secondary N) is 1. The molecular weight excluding hydrogens is 236 g/mol. The van der Waals surface area contributed by atoms with Crippen LogP contribution >= 0.6 is 0 Å². The maximum absolute atomic E-state index is 11.8. The first-order chi connectivity index (χ1) is 7.97. The molecule has 0 fully saturated rings. The van der Waals surface area contributed by atoms with Gasteiger partial charge in [0.15, 0.2) is 0 Å². The van der Waals surface area contributed by atoms with Crippen LogP contribution < -0.4 is 4.72 Å². The maximum atomic E-state index is 11.8. The summed E-state index contributed by atoms with van der Waals surface area (Å²) in [4.78, 5) is 4.02. The van der Waals surface area contributed by atoms with Crippen LogP contribution in [0.3, 0.4) is 0 Å². The molecule has 0 bridgehead atoms. The first-order valence-electron chi connectivity index (χ1n) is 5.40. The zero-order valence-corrected chi connectivity index (χ0v) is 11.0. The Hall–Kier alpha value is -1.27. The average Bonchev–Trinajstić information content (AvgIpc) is 2.66. The van der Waals surface area contributed by atoms with Crippen LogP contribution in [0.15, 0.2) is 24.7 Å². The molecule has 92 valence electrons. The number of nitrogens with zero attached hydrogens (tertiary/aromatic N) is 3. The van der Waals surface area contributed by atoms with Crippen LogP contribution in [0.1, 0.15) is 26.5 Å². The molecule has 0 saturated carbocycles. The molecule has 0 amide bonds. The van der Waals surface area contributed by atoms with Crippen molar-refractivity contribution in [3.05, 3.63) is 30.4 Å². The van der Waals surface area contributed by atoms with E-state index in [1.807, 2.05) is 26.8 Å². The second-order valence-electron chi connectivity index (χ2n) is 4.78. The highest BCUT2D eigenvalue weighted by Crippen LogP contribution is 2.10. The Labute approximate surface area is 103 Å². The predicted molar refractivity (Wildman–Crippen MR) is 67.7 cm³/mol. The van der Waals surface area contributed by atoms with E-state index >= 15 is 0 Å². The van der Waals surface area contributed by atoms with E-state index < -0.39 is 11.0 Å². The average molecular weight is 252 g/mol. The van der Waals surface area contributed by atoms with Crippen molar-refractivity contribution in [2.45, 2.75) is 32.1 Å². The van der Waals surface area contributed by atoms with Gasteiger partial charge in [-0.2, -0.15) is 5.10 Å². The summed E-state index contributed by atoms with van der Waals surface area (Å²) >= 11 is 0. The Balaban J connectivity index is 2.07. The van der Waals surface area contributed by atoms with Crippen molar-refractivity contribution in [2.75, 3.05) is 0 Å². The van der Waals surface area contributed by atoms with Crippen molar-refractivity contribution in [1.82, 2.24) is 19.3 Å². The van der Waals surface area contributed by atoms with Crippen molar-refractivity contribution in [3.63, 3.8) is 0 Å². The van der Waals surface area contributed by atoms with E-state index in [0.717, 1.165) is 11.2 Å². The Morgan fingerprint density at radius 2 is 2.24 bits per heavy atom. The lowest BCUT2D eigenvalue weighted by atomic mass is 10.3. The molecule has 5 nitrogen and oxygen atoms in total. The van der Waals surface area contributed by atoms with Gasteiger partial charge in [0.25, 0.3) is 0 Å². The molecule has 2 aromatic heterocycles. The van der Waals surface area contributed by atoms with Crippen molar-refractivity contribution in [3.8, 4) is 0 Å². The number of fused-ring (bicyclic) bond motifs is 1. The van der Waals surface area contributed by atoms with E-state index in [1.165, 1.54) is 0 Å². The molecular formula is C11H16N4OS. The standard InChI is InChI=1S/C11H16N4OS/c1-11(2,3)17(16)13-7-9-6-10-8-12-4-5-15(10)14-9/h4-6,8,13H,7H2,1-3H3/t17-/m1/s1. The maximum Gasteiger partial charge on any atom is 0.0973 e. The van der Waals surface area contributed by atoms with Gasteiger partial charge >= 0.3 is 0 Å². The van der Waals surface area contributed by atoms with E-state index in [2.05, 4.69) is 14.8 Å². The number of aromatic nitrogens is 3. The van der Waals surface area contributed by atoms with Gasteiger partial charge in [-0.05, 0) is 26.8 Å². The predicted octanol–water partition coefficient (Wildman–Crippen LogP) is 1.28. The fourth-order valence-electron chi connectivity index (χ4n) is 1.34. The number of rotatable bonds is 3. The molecule has 0 unspecified atom stereocenters. The third-order valence-electron chi connectivity index (χ3n) is 2.26. The first-order valence-corrected chi connectivity index (χ1v) is 6.55. The zero-order chi connectivity index (χ0) is 12.5. The molecule has 2 heterocycles. The Morgan fingerprint density at radius 3 is 2.88 bits per heavy atom. The summed E-state index contributed by atoms with van der Waals surface area (Å²) in [7, 11) is -1.07. The third kappa shape index (κ3) is 2.89. The molecule has 2 aromatic rings. The molecule has 2 rings (SSSR count). The quantitative estimate of drug-likeness (QED) is 0.895. The van der Waals surface area contributed by atoms with Gasteiger partial charge in [0.1, 0.15) is 0 Å². The van der Waals surface area contributed by atoms with Gasteiger partial charge in [-0.1, -0.05) is 0 Å². The summed E-state index contributed by atoms with van der Waals surface area (Å²) in [5.74, 6) is 0. The highest BCUT2D eigenvalue weighted by molar-refractivity contribution is 7.84. The lowest BCUT2D eigenvalue weighted by Crippen LogP contribution is -2.32. The van der Waals surface area contributed by atoms with Gasteiger partial charge in [-0.25, -0.2) is 13.4 Å². The third-order valence-corrected chi connectivity index (χ3v) is 3.78. The van der Waals surface area contributed by atoms with Gasteiger partial charge in [0.05, 0.1) is 39.7 Å². The van der Waals surface area contributed by atoms with Crippen LogP contribution in [-0.4, -0.2) is 23.6 Å². The van der Waals surface area contributed by atoms with E-state index in [-0.39, 0.29) is 4.75 Å². The monoisotopic (exact) mass is 252 g/mol. The second kappa shape index (κ2) is 4.54. The summed E-state index contributed by atoms with van der Waals surface area (Å²) in [6, 6.07) is 1.93. The molecule has 0 spiro atoms. The van der Waals surface area contributed by atoms with Crippen LogP contribution in [0.25, 0.3) is 5.52 Å². The molecule has 1 atom stereocenters. The molecule has 17 heavy (non-hydrogen) atoms. The van der Waals surface area contributed by atoms with E-state index in [1.54, 1.807) is 23.1 Å². The fraction of sp³-hybridized carbons (Fsp3) is 0.455. The van der Waals surface area contributed by atoms with Crippen molar-refractivity contribution in [1.29, 1.82) is 0 Å². The SMILES string of the molecule is CC(C)(C)[S@@](=O)NCc1cc2cnccn2n1. The highest BCUT2D eigenvalue weighted by atomic mass is 32.2. The Bertz CT molecular complexity index is 511. The normalized spacial score (nSPS) is 14.1. The molecule has 1 N–H and O–H groups in total. The summed E-state index contributed by atoms with van der Waals surface area (Å²) < 4.78 is 16.3. The van der Waals surface area contributed by atoms with E-state index in [4.69, 9.17) is 0 Å². The lowest BCUT2D eigenvalue weighted by molar-refractivity contribution is 0.633. The first kappa shape index (κ1) is 12.2. The molecule has 0 aliphatic carbocycles. The fourth-order valence-corrected chi connectivity index (χ4v) is 2.05. The van der Waals surface area contributed by atoms with Gasteiger partial charge in [-0.3, -0.25) is 4.98 Å². The summed E-state index contributed by atoms with van der Waals surface area (Å²) in [5, 5.41) is 4.35. The largest absolute Gasteiger partial charge is 0.261 e. The molecule has 0 aliphatic heterocycles. The smallest absolute Gasteiger partial charge is 0.0973 e. The highest BCUT2D eigenvalue weighted by Gasteiger charge is 2.19. The lowest BCUT2D eigenvalue weighted by Gasteiger charge is -2.17. The molecule has 0 saturated heterocycles. The van der Waals surface area contributed by atoms with Crippen LogP contribution in [0.5, 0.6) is 0 Å². The minimum Gasteiger partial charge on any atom is -0.261 e. The van der Waals surface area contributed by atoms with E-state index in [9.17, 15) is 4.21 Å². The van der Waals surface area contributed by atoms with E-state index in [0.29, 0.717) is 6.54 Å². The Morgan fingerprint density at radius 1 is 1.47 bits per heavy atom. The van der Waals surface area contributed by atoms with Crippen molar-refractivity contribution in [2.24, 2.45) is 0 Å². The molecule has 0 aromatic carbocycles. The minimum absolute atomic E-state index is 0.263. The zero-order valence-electron chi connectivity index (χ0n) is 10.2. The Kier molecular flexibility index (Phi) is 3.26. The molecule has 6 heteroatoms. The number of hydrogen-bond donors (Lipinski definition) is 1. The van der Waals surface area contributed by atoms with Crippen molar-refractivity contribution >= 4 is 16.5 Å².